The molecule has 0 amide bonds. The first-order chi connectivity index (χ1) is 12.3. The summed E-state index contributed by atoms with van der Waals surface area (Å²) in [6, 6.07) is 3.03. The Morgan fingerprint density at radius 1 is 1.28 bits per heavy atom. The SMILES string of the molecule is COC[C@H]1CN(Cc2ccsc2)CC12CCN(C1CCOCC1)CC2. The summed E-state index contributed by atoms with van der Waals surface area (Å²) in [4.78, 5) is 5.43. The summed E-state index contributed by atoms with van der Waals surface area (Å²) < 4.78 is 11.2. The van der Waals surface area contributed by atoms with Crippen molar-refractivity contribution in [3.05, 3.63) is 22.4 Å². The Kier molecular flexibility index (Phi) is 5.77. The molecule has 5 heteroatoms. The van der Waals surface area contributed by atoms with Gasteiger partial charge in [0.25, 0.3) is 0 Å². The standard InChI is InChI=1S/C20H32N2O2S/c1-23-14-18-13-21(12-17-4-11-25-15-17)16-20(18)5-7-22(8-6-20)19-2-9-24-10-3-19/h4,11,15,18-19H,2-3,5-10,12-14,16H2,1H3/t18-/m1/s1. The van der Waals surface area contributed by atoms with Crippen LogP contribution in [-0.2, 0) is 16.0 Å². The van der Waals surface area contributed by atoms with E-state index in [0.717, 1.165) is 32.4 Å². The maximum atomic E-state index is 5.63. The Labute approximate surface area is 156 Å². The fraction of sp³-hybridized carbons (Fsp3) is 0.800. The predicted octanol–water partition coefficient (Wildman–Crippen LogP) is 3.09. The van der Waals surface area contributed by atoms with Crippen molar-refractivity contribution in [2.24, 2.45) is 11.3 Å². The van der Waals surface area contributed by atoms with E-state index in [-0.39, 0.29) is 0 Å². The highest BCUT2D eigenvalue weighted by Gasteiger charge is 2.48. The molecule has 0 bridgehead atoms. The Morgan fingerprint density at radius 2 is 2.08 bits per heavy atom. The normalized spacial score (nSPS) is 28.8. The van der Waals surface area contributed by atoms with Crippen LogP contribution in [0.3, 0.4) is 0 Å². The molecule has 4 heterocycles. The number of nitrogens with zero attached hydrogens (tertiary/aromatic N) is 2. The molecule has 4 nitrogen and oxygen atoms in total. The van der Waals surface area contributed by atoms with E-state index in [1.807, 2.05) is 18.4 Å². The van der Waals surface area contributed by atoms with Crippen LogP contribution in [0.5, 0.6) is 0 Å². The second-order valence-electron chi connectivity index (χ2n) is 8.20. The number of thiophene rings is 1. The summed E-state index contributed by atoms with van der Waals surface area (Å²) in [7, 11) is 1.87. The molecule has 4 rings (SSSR count). The van der Waals surface area contributed by atoms with Gasteiger partial charge < -0.3 is 14.4 Å². The van der Waals surface area contributed by atoms with Crippen molar-refractivity contribution < 1.29 is 9.47 Å². The molecule has 0 radical (unpaired) electrons. The molecule has 3 saturated heterocycles. The second kappa shape index (κ2) is 8.05. The zero-order chi connectivity index (χ0) is 17.1. The van der Waals surface area contributed by atoms with E-state index in [9.17, 15) is 0 Å². The molecule has 1 spiro atoms. The Morgan fingerprint density at radius 3 is 2.76 bits per heavy atom. The van der Waals surface area contributed by atoms with E-state index < -0.39 is 0 Å². The van der Waals surface area contributed by atoms with E-state index in [1.165, 1.54) is 57.4 Å². The second-order valence-corrected chi connectivity index (χ2v) is 8.98. The number of hydrogen-bond acceptors (Lipinski definition) is 5. The first kappa shape index (κ1) is 17.9. The van der Waals surface area contributed by atoms with Gasteiger partial charge >= 0.3 is 0 Å². The molecule has 0 saturated carbocycles. The molecular weight excluding hydrogens is 332 g/mol. The monoisotopic (exact) mass is 364 g/mol. The van der Waals surface area contributed by atoms with Crippen molar-refractivity contribution in [3.8, 4) is 0 Å². The van der Waals surface area contributed by atoms with Gasteiger partial charge in [0.05, 0.1) is 6.61 Å². The van der Waals surface area contributed by atoms with Crippen LogP contribution in [-0.4, -0.2) is 69.0 Å². The minimum absolute atomic E-state index is 0.466. The van der Waals surface area contributed by atoms with Crippen LogP contribution >= 0.6 is 11.3 Å². The lowest BCUT2D eigenvalue weighted by molar-refractivity contribution is -0.0109. The van der Waals surface area contributed by atoms with Crippen LogP contribution in [0.1, 0.15) is 31.2 Å². The van der Waals surface area contributed by atoms with Crippen LogP contribution < -0.4 is 0 Å². The van der Waals surface area contributed by atoms with Gasteiger partial charge in [-0.3, -0.25) is 4.90 Å². The molecule has 3 fully saturated rings. The molecule has 3 aliphatic heterocycles. The lowest BCUT2D eigenvalue weighted by atomic mass is 9.71. The van der Waals surface area contributed by atoms with Crippen molar-refractivity contribution in [1.82, 2.24) is 9.80 Å². The summed E-state index contributed by atoms with van der Waals surface area (Å²) >= 11 is 1.81. The van der Waals surface area contributed by atoms with Crippen molar-refractivity contribution in [1.29, 1.82) is 0 Å². The molecule has 1 atom stereocenters. The summed E-state index contributed by atoms with van der Waals surface area (Å²) in [6.45, 7) is 8.89. The maximum Gasteiger partial charge on any atom is 0.0508 e. The molecular formula is C20H32N2O2S. The minimum atomic E-state index is 0.466. The van der Waals surface area contributed by atoms with Crippen LogP contribution in [0.25, 0.3) is 0 Å². The molecule has 140 valence electrons. The van der Waals surface area contributed by atoms with Gasteiger partial charge in [0.1, 0.15) is 0 Å². The van der Waals surface area contributed by atoms with Crippen molar-refractivity contribution in [2.45, 2.75) is 38.3 Å². The molecule has 0 aliphatic carbocycles. The van der Waals surface area contributed by atoms with E-state index in [2.05, 4.69) is 26.6 Å². The molecule has 1 aromatic rings. The van der Waals surface area contributed by atoms with Gasteiger partial charge in [-0.25, -0.2) is 0 Å². The van der Waals surface area contributed by atoms with Gasteiger partial charge in [-0.05, 0) is 66.6 Å². The van der Waals surface area contributed by atoms with E-state index in [0.29, 0.717) is 11.3 Å². The molecule has 0 unspecified atom stereocenters. The maximum absolute atomic E-state index is 5.63. The highest BCUT2D eigenvalue weighted by Crippen LogP contribution is 2.45. The largest absolute Gasteiger partial charge is 0.384 e. The van der Waals surface area contributed by atoms with Crippen molar-refractivity contribution in [2.75, 3.05) is 53.1 Å². The molecule has 3 aliphatic rings. The number of likely N-dealkylation sites (tertiary alicyclic amines) is 2. The molecule has 25 heavy (non-hydrogen) atoms. The fourth-order valence-electron chi connectivity index (χ4n) is 5.29. The van der Waals surface area contributed by atoms with Gasteiger partial charge in [-0.2, -0.15) is 11.3 Å². The number of rotatable bonds is 5. The molecule has 1 aromatic heterocycles. The first-order valence-corrected chi connectivity index (χ1v) is 10.8. The lowest BCUT2D eigenvalue weighted by Gasteiger charge is -2.46. The Balaban J connectivity index is 1.38. The smallest absolute Gasteiger partial charge is 0.0508 e. The fourth-order valence-corrected chi connectivity index (χ4v) is 5.95. The lowest BCUT2D eigenvalue weighted by Crippen LogP contribution is -2.49. The van der Waals surface area contributed by atoms with Crippen LogP contribution in [0.4, 0.5) is 0 Å². The van der Waals surface area contributed by atoms with Crippen molar-refractivity contribution >= 4 is 11.3 Å². The highest BCUT2D eigenvalue weighted by molar-refractivity contribution is 7.07. The summed E-state index contributed by atoms with van der Waals surface area (Å²) in [5.41, 5.74) is 1.94. The van der Waals surface area contributed by atoms with Gasteiger partial charge in [0.2, 0.25) is 0 Å². The van der Waals surface area contributed by atoms with E-state index in [1.54, 1.807) is 0 Å². The van der Waals surface area contributed by atoms with Crippen LogP contribution in [0.2, 0.25) is 0 Å². The van der Waals surface area contributed by atoms with Gasteiger partial charge in [0.15, 0.2) is 0 Å². The average molecular weight is 365 g/mol. The third-order valence-corrected chi connectivity index (χ3v) is 7.47. The van der Waals surface area contributed by atoms with Crippen LogP contribution in [0, 0.1) is 11.3 Å². The average Bonchev–Trinajstić information content (AvgIpc) is 3.26. The summed E-state index contributed by atoms with van der Waals surface area (Å²) in [5.74, 6) is 0.688. The van der Waals surface area contributed by atoms with Gasteiger partial charge in [0, 0.05) is 51.9 Å². The third kappa shape index (κ3) is 3.96. The molecule has 0 N–H and O–H groups in total. The quantitative estimate of drug-likeness (QED) is 0.802. The Hall–Kier alpha value is -0.460. The predicted molar refractivity (Wildman–Crippen MR) is 102 cm³/mol. The first-order valence-electron chi connectivity index (χ1n) is 9.83. The number of hydrogen-bond donors (Lipinski definition) is 0. The van der Waals surface area contributed by atoms with Gasteiger partial charge in [-0.1, -0.05) is 0 Å². The highest BCUT2D eigenvalue weighted by atomic mass is 32.1. The van der Waals surface area contributed by atoms with Gasteiger partial charge in [-0.15, -0.1) is 0 Å². The number of methoxy groups -OCH3 is 1. The zero-order valence-corrected chi connectivity index (χ0v) is 16.3. The van der Waals surface area contributed by atoms with E-state index in [4.69, 9.17) is 9.47 Å². The summed E-state index contributed by atoms with van der Waals surface area (Å²) in [6.07, 6.45) is 5.11. The van der Waals surface area contributed by atoms with E-state index >= 15 is 0 Å². The van der Waals surface area contributed by atoms with Crippen molar-refractivity contribution in [3.63, 3.8) is 0 Å². The number of piperidine rings is 1. The molecule has 0 aromatic carbocycles. The minimum Gasteiger partial charge on any atom is -0.384 e. The zero-order valence-electron chi connectivity index (χ0n) is 15.5. The third-order valence-electron chi connectivity index (χ3n) is 6.74. The number of ether oxygens (including phenoxy) is 2. The van der Waals surface area contributed by atoms with Crippen LogP contribution in [0.15, 0.2) is 16.8 Å². The summed E-state index contributed by atoms with van der Waals surface area (Å²) in [5, 5.41) is 4.49. The Bertz CT molecular complexity index is 522. The topological polar surface area (TPSA) is 24.9 Å².